The van der Waals surface area contributed by atoms with Crippen LogP contribution in [0.3, 0.4) is 0 Å². The predicted octanol–water partition coefficient (Wildman–Crippen LogP) is 3.53. The highest BCUT2D eigenvalue weighted by atomic mass is 16.3. The zero-order valence-corrected chi connectivity index (χ0v) is 19.3. The molecule has 1 aliphatic heterocycles. The minimum absolute atomic E-state index is 0.0546. The Morgan fingerprint density at radius 1 is 1.00 bits per heavy atom. The number of allylic oxidation sites excluding steroid dienone is 3. The summed E-state index contributed by atoms with van der Waals surface area (Å²) in [6, 6.07) is 19.2. The van der Waals surface area contributed by atoms with Gasteiger partial charge in [0.15, 0.2) is 5.71 Å². The molecule has 0 bridgehead atoms. The van der Waals surface area contributed by atoms with Gasteiger partial charge in [0, 0.05) is 37.5 Å². The number of rotatable bonds is 6. The van der Waals surface area contributed by atoms with Crippen molar-refractivity contribution in [3.8, 4) is 18.2 Å². The van der Waals surface area contributed by atoms with Gasteiger partial charge >= 0.3 is 0 Å². The maximum atomic E-state index is 11.6. The van der Waals surface area contributed by atoms with Crippen molar-refractivity contribution in [2.45, 2.75) is 19.3 Å². The molecule has 6 nitrogen and oxygen atoms in total. The number of nitriles is 3. The summed E-state index contributed by atoms with van der Waals surface area (Å²) < 4.78 is 2.02. The van der Waals surface area contributed by atoms with Crippen LogP contribution >= 0.6 is 0 Å². The van der Waals surface area contributed by atoms with Crippen LogP contribution in [0.25, 0.3) is 11.6 Å². The van der Waals surface area contributed by atoms with E-state index < -0.39 is 5.41 Å². The molecule has 1 heterocycles. The third kappa shape index (κ3) is 4.41. The van der Waals surface area contributed by atoms with Gasteiger partial charge < -0.3 is 10.0 Å². The largest absolute Gasteiger partial charge is 0.850 e. The topological polar surface area (TPSA) is 101 Å². The summed E-state index contributed by atoms with van der Waals surface area (Å²) in [6.07, 6.45) is 4.07. The summed E-state index contributed by atoms with van der Waals surface area (Å²) in [7, 11) is 3.99. The van der Waals surface area contributed by atoms with Crippen molar-refractivity contribution in [3.63, 3.8) is 0 Å². The zero-order chi connectivity index (χ0) is 24.2. The van der Waals surface area contributed by atoms with Crippen molar-refractivity contribution in [2.24, 2.45) is 0 Å². The lowest BCUT2D eigenvalue weighted by atomic mass is 9.80. The first-order chi connectivity index (χ1) is 15.8. The van der Waals surface area contributed by atoms with E-state index in [1.165, 1.54) is 0 Å². The molecule has 3 rings (SSSR count). The summed E-state index contributed by atoms with van der Waals surface area (Å²) in [5.74, 6) is 0. The Kier molecular flexibility index (Phi) is 6.78. The minimum Gasteiger partial charge on any atom is -0.850 e. The van der Waals surface area contributed by atoms with Crippen LogP contribution in [0.2, 0.25) is 0 Å². The molecule has 0 atom stereocenters. The van der Waals surface area contributed by atoms with E-state index >= 15 is 0 Å². The Morgan fingerprint density at radius 2 is 1.67 bits per heavy atom. The van der Waals surface area contributed by atoms with Gasteiger partial charge in [-0.2, -0.15) is 20.4 Å². The van der Waals surface area contributed by atoms with E-state index in [1.54, 1.807) is 18.2 Å². The molecule has 0 unspecified atom stereocenters. The molecule has 0 aromatic heterocycles. The highest BCUT2D eigenvalue weighted by Crippen LogP contribution is 2.41. The molecule has 0 radical (unpaired) electrons. The lowest BCUT2D eigenvalue weighted by Gasteiger charge is -2.16. The van der Waals surface area contributed by atoms with Crippen LogP contribution in [-0.2, 0) is 5.41 Å². The second-order valence-electron chi connectivity index (χ2n) is 8.50. The van der Waals surface area contributed by atoms with E-state index in [9.17, 15) is 20.9 Å². The van der Waals surface area contributed by atoms with Gasteiger partial charge in [-0.3, -0.25) is 0 Å². The van der Waals surface area contributed by atoms with E-state index in [4.69, 9.17) is 0 Å². The summed E-state index contributed by atoms with van der Waals surface area (Å²) in [5, 5.41) is 39.6. The van der Waals surface area contributed by atoms with Crippen LogP contribution in [0.5, 0.6) is 0 Å². The van der Waals surface area contributed by atoms with E-state index in [0.717, 1.165) is 28.2 Å². The third-order valence-electron chi connectivity index (χ3n) is 5.92. The maximum absolute atomic E-state index is 11.6. The molecule has 6 heteroatoms. The molecule has 0 aliphatic carbocycles. The molecule has 2 aromatic carbocycles. The second-order valence-corrected chi connectivity index (χ2v) is 8.50. The van der Waals surface area contributed by atoms with Gasteiger partial charge in [0.05, 0.1) is 11.0 Å². The zero-order valence-electron chi connectivity index (χ0n) is 19.3. The van der Waals surface area contributed by atoms with Gasteiger partial charge in [0.1, 0.15) is 30.3 Å². The van der Waals surface area contributed by atoms with Gasteiger partial charge in [-0.05, 0) is 55.3 Å². The Bertz CT molecular complexity index is 1270. The van der Waals surface area contributed by atoms with Crippen LogP contribution in [0, 0.1) is 34.0 Å². The molecular weight excluding hydrogens is 410 g/mol. The standard InChI is InChI=1S/C27H25N5O/c1-27(2)24-15-20(23(18-30)21(16-28)17-29)8-11-25(24)32(13-14-33)26(27)12-7-19-5-9-22(10-6-19)31(3)4/h5-12,15H,13-14H2,1-4H3. The molecule has 2 aromatic rings. The van der Waals surface area contributed by atoms with Crippen molar-refractivity contribution < 1.29 is 9.68 Å². The average molecular weight is 436 g/mol. The number of nitrogens with zero attached hydrogens (tertiary/aromatic N) is 5. The molecule has 0 fully saturated rings. The second kappa shape index (κ2) is 9.53. The van der Waals surface area contributed by atoms with E-state index in [2.05, 4.69) is 26.0 Å². The monoisotopic (exact) mass is 435 g/mol. The molecule has 33 heavy (non-hydrogen) atoms. The highest BCUT2D eigenvalue weighted by molar-refractivity contribution is 6.05. The molecule has 0 saturated carbocycles. The van der Waals surface area contributed by atoms with Gasteiger partial charge in [0.25, 0.3) is 0 Å². The summed E-state index contributed by atoms with van der Waals surface area (Å²) in [4.78, 5) is 2.04. The van der Waals surface area contributed by atoms with Crippen LogP contribution < -0.4 is 10.0 Å². The fraction of sp³-hybridized carbons (Fsp3) is 0.259. The van der Waals surface area contributed by atoms with Crippen molar-refractivity contribution in [3.05, 3.63) is 70.8 Å². The van der Waals surface area contributed by atoms with Crippen molar-refractivity contribution in [2.75, 3.05) is 32.1 Å². The maximum Gasteiger partial charge on any atom is 0.209 e. The predicted molar refractivity (Wildman–Crippen MR) is 128 cm³/mol. The van der Waals surface area contributed by atoms with Gasteiger partial charge in [-0.15, -0.1) is 0 Å². The van der Waals surface area contributed by atoms with E-state index in [1.807, 2.05) is 66.1 Å². The molecule has 0 saturated heterocycles. The van der Waals surface area contributed by atoms with E-state index in [-0.39, 0.29) is 17.8 Å². The molecule has 0 spiro atoms. The molecule has 164 valence electrons. The van der Waals surface area contributed by atoms with Crippen LogP contribution in [0.4, 0.5) is 11.4 Å². The number of hydrogen-bond acceptors (Lipinski definition) is 5. The first kappa shape index (κ1) is 23.5. The van der Waals surface area contributed by atoms with Gasteiger partial charge in [0.2, 0.25) is 5.69 Å². The first-order valence-corrected chi connectivity index (χ1v) is 10.6. The fourth-order valence-electron chi connectivity index (χ4n) is 4.12. The molecule has 0 N–H and O–H groups in total. The molecule has 0 amide bonds. The van der Waals surface area contributed by atoms with Crippen LogP contribution in [-0.4, -0.2) is 37.5 Å². The van der Waals surface area contributed by atoms with Crippen LogP contribution in [0.15, 0.2) is 54.1 Å². The summed E-state index contributed by atoms with van der Waals surface area (Å²) >= 11 is 0. The smallest absolute Gasteiger partial charge is 0.209 e. The summed E-state index contributed by atoms with van der Waals surface area (Å²) in [6.45, 7) is 4.20. The average Bonchev–Trinajstić information content (AvgIpc) is 3.02. The van der Waals surface area contributed by atoms with Gasteiger partial charge in [-0.25, -0.2) is 0 Å². The SMILES string of the molecule is CN(C)c1ccc(/C=C/C2=[N+](CC[O-])c3ccc(C(C#N)=C(C#N)C#N)cc3C2(C)C)cc1. The molecule has 1 aliphatic rings. The number of benzene rings is 2. The fourth-order valence-corrected chi connectivity index (χ4v) is 4.12. The number of anilines is 1. The lowest BCUT2D eigenvalue weighted by Crippen LogP contribution is -2.30. The summed E-state index contributed by atoms with van der Waals surface area (Å²) in [5.41, 5.74) is 4.90. The number of hydrogen-bond donors (Lipinski definition) is 0. The normalized spacial score (nSPS) is 13.8. The first-order valence-electron chi connectivity index (χ1n) is 10.6. The number of fused-ring (bicyclic) bond motifs is 1. The van der Waals surface area contributed by atoms with Crippen molar-refractivity contribution in [1.82, 2.24) is 0 Å². The Hall–Kier alpha value is -4.18. The third-order valence-corrected chi connectivity index (χ3v) is 5.92. The van der Waals surface area contributed by atoms with Gasteiger partial charge in [-0.1, -0.05) is 18.7 Å². The van der Waals surface area contributed by atoms with Crippen molar-refractivity contribution in [1.29, 1.82) is 15.8 Å². The Balaban J connectivity index is 2.08. The lowest BCUT2D eigenvalue weighted by molar-refractivity contribution is -0.491. The highest BCUT2D eigenvalue weighted by Gasteiger charge is 2.44. The minimum atomic E-state index is -0.444. The van der Waals surface area contributed by atoms with Crippen LogP contribution in [0.1, 0.15) is 30.5 Å². The molecular formula is C27H25N5O. The van der Waals surface area contributed by atoms with Crippen molar-refractivity contribution >= 4 is 28.7 Å². The quantitative estimate of drug-likeness (QED) is 0.510. The van der Waals surface area contributed by atoms with E-state index in [0.29, 0.717) is 12.1 Å². The Labute approximate surface area is 194 Å². The Morgan fingerprint density at radius 3 is 2.21 bits per heavy atom.